The van der Waals surface area contributed by atoms with Crippen LogP contribution in [0.1, 0.15) is 13.3 Å². The van der Waals surface area contributed by atoms with Gasteiger partial charge in [0, 0.05) is 13.1 Å². The summed E-state index contributed by atoms with van der Waals surface area (Å²) < 4.78 is 4.57. The van der Waals surface area contributed by atoms with E-state index in [1.54, 1.807) is 6.92 Å². The number of likely N-dealkylation sites (tertiary alicyclic amines) is 1. The lowest BCUT2D eigenvalue weighted by atomic mass is 10.1. The van der Waals surface area contributed by atoms with Gasteiger partial charge in [0.05, 0.1) is 12.5 Å². The molecular formula is C9H14N2O4. The van der Waals surface area contributed by atoms with Crippen molar-refractivity contribution in [3.63, 3.8) is 0 Å². The predicted octanol–water partition coefficient (Wildman–Crippen LogP) is -1.12. The van der Waals surface area contributed by atoms with Crippen LogP contribution in [0, 0.1) is 5.92 Å². The van der Waals surface area contributed by atoms with Gasteiger partial charge in [-0.2, -0.15) is 0 Å². The molecule has 0 aliphatic carbocycles. The quantitative estimate of drug-likeness (QED) is 0.466. The van der Waals surface area contributed by atoms with Crippen molar-refractivity contribution in [2.75, 3.05) is 19.7 Å². The van der Waals surface area contributed by atoms with Crippen LogP contribution < -0.4 is 5.73 Å². The number of nitrogens with two attached hydrogens (primary N) is 1. The van der Waals surface area contributed by atoms with Crippen LogP contribution in [0.2, 0.25) is 0 Å². The first-order valence-electron chi connectivity index (χ1n) is 4.81. The molecule has 1 aliphatic rings. The monoisotopic (exact) mass is 214 g/mol. The molecule has 2 N–H and O–H groups in total. The van der Waals surface area contributed by atoms with Gasteiger partial charge in [0.1, 0.15) is 0 Å². The van der Waals surface area contributed by atoms with Crippen LogP contribution in [-0.4, -0.2) is 42.4 Å². The third kappa shape index (κ3) is 2.68. The fraction of sp³-hybridized carbons (Fsp3) is 0.667. The molecule has 2 amide bonds. The highest BCUT2D eigenvalue weighted by Gasteiger charge is 2.33. The van der Waals surface area contributed by atoms with Gasteiger partial charge in [-0.3, -0.25) is 9.59 Å². The van der Waals surface area contributed by atoms with Gasteiger partial charge in [0.2, 0.25) is 5.91 Å². The summed E-state index contributed by atoms with van der Waals surface area (Å²) in [7, 11) is 0. The fourth-order valence-corrected chi connectivity index (χ4v) is 1.50. The summed E-state index contributed by atoms with van der Waals surface area (Å²) in [5, 5.41) is 0. The van der Waals surface area contributed by atoms with E-state index < -0.39 is 17.8 Å². The van der Waals surface area contributed by atoms with Crippen LogP contribution >= 0.6 is 0 Å². The Bertz CT molecular complexity index is 290. The molecule has 1 aliphatic heterocycles. The molecule has 1 saturated heterocycles. The molecule has 1 atom stereocenters. The second-order valence-corrected chi connectivity index (χ2v) is 3.36. The number of primary amides is 1. The number of hydrogen-bond donors (Lipinski definition) is 1. The molecule has 6 nitrogen and oxygen atoms in total. The first kappa shape index (κ1) is 11.5. The maximum absolute atomic E-state index is 11.4. The van der Waals surface area contributed by atoms with E-state index in [1.165, 1.54) is 4.90 Å². The molecule has 0 aromatic carbocycles. The largest absolute Gasteiger partial charge is 0.459 e. The minimum Gasteiger partial charge on any atom is -0.459 e. The molecule has 6 heteroatoms. The zero-order valence-corrected chi connectivity index (χ0v) is 8.56. The van der Waals surface area contributed by atoms with Gasteiger partial charge in [-0.25, -0.2) is 4.79 Å². The average Bonchev–Trinajstić information content (AvgIpc) is 2.65. The maximum Gasteiger partial charge on any atom is 0.397 e. The molecule has 0 saturated carbocycles. The van der Waals surface area contributed by atoms with Gasteiger partial charge in [-0.05, 0) is 13.3 Å². The molecule has 0 radical (unpaired) electrons. The van der Waals surface area contributed by atoms with Crippen molar-refractivity contribution in [1.29, 1.82) is 0 Å². The molecule has 0 aromatic heterocycles. The zero-order valence-electron chi connectivity index (χ0n) is 8.56. The minimum atomic E-state index is -0.873. The van der Waals surface area contributed by atoms with Crippen molar-refractivity contribution in [1.82, 2.24) is 4.90 Å². The summed E-state index contributed by atoms with van der Waals surface area (Å²) in [4.78, 5) is 34.6. The van der Waals surface area contributed by atoms with Gasteiger partial charge in [-0.15, -0.1) is 0 Å². The Morgan fingerprint density at radius 3 is 2.60 bits per heavy atom. The molecule has 15 heavy (non-hydrogen) atoms. The summed E-state index contributed by atoms with van der Waals surface area (Å²) in [6.07, 6.45) is 0.514. The van der Waals surface area contributed by atoms with Crippen LogP contribution in [0.15, 0.2) is 0 Å². The summed E-state index contributed by atoms with van der Waals surface area (Å²) in [5.74, 6) is -2.35. The van der Waals surface area contributed by atoms with E-state index >= 15 is 0 Å². The molecule has 84 valence electrons. The maximum atomic E-state index is 11.4. The van der Waals surface area contributed by atoms with E-state index in [0.717, 1.165) is 0 Å². The van der Waals surface area contributed by atoms with Crippen molar-refractivity contribution in [3.05, 3.63) is 0 Å². The molecule has 1 heterocycles. The van der Waals surface area contributed by atoms with Gasteiger partial charge in [-0.1, -0.05) is 0 Å². The zero-order chi connectivity index (χ0) is 11.4. The number of carbonyl (C=O) groups is 3. The van der Waals surface area contributed by atoms with Gasteiger partial charge >= 0.3 is 11.9 Å². The molecule has 1 rings (SSSR count). The Morgan fingerprint density at radius 1 is 1.47 bits per heavy atom. The van der Waals surface area contributed by atoms with Crippen LogP contribution in [0.4, 0.5) is 0 Å². The Hall–Kier alpha value is -1.59. The van der Waals surface area contributed by atoms with Gasteiger partial charge in [0.25, 0.3) is 0 Å². The smallest absolute Gasteiger partial charge is 0.397 e. The lowest BCUT2D eigenvalue weighted by molar-refractivity contribution is -0.159. The normalized spacial score (nSPS) is 20.1. The van der Waals surface area contributed by atoms with Crippen LogP contribution in [0.25, 0.3) is 0 Å². The summed E-state index contributed by atoms with van der Waals surface area (Å²) >= 11 is 0. The highest BCUT2D eigenvalue weighted by molar-refractivity contribution is 6.32. The Labute approximate surface area is 87.4 Å². The van der Waals surface area contributed by atoms with Crippen LogP contribution in [0.5, 0.6) is 0 Å². The molecule has 0 bridgehead atoms. The summed E-state index contributed by atoms with van der Waals surface area (Å²) in [5.41, 5.74) is 5.10. The third-order valence-electron chi connectivity index (χ3n) is 2.33. The van der Waals surface area contributed by atoms with E-state index in [-0.39, 0.29) is 19.1 Å². The number of esters is 1. The van der Waals surface area contributed by atoms with Crippen molar-refractivity contribution in [2.24, 2.45) is 11.7 Å². The van der Waals surface area contributed by atoms with E-state index in [4.69, 9.17) is 5.73 Å². The topological polar surface area (TPSA) is 89.7 Å². The first-order chi connectivity index (χ1) is 7.06. The predicted molar refractivity (Wildman–Crippen MR) is 50.5 cm³/mol. The Balaban J connectivity index is 2.50. The van der Waals surface area contributed by atoms with E-state index in [1.807, 2.05) is 0 Å². The summed E-state index contributed by atoms with van der Waals surface area (Å²) in [6, 6.07) is 0. The SMILES string of the molecule is CCOC(=O)C(=O)N1CCC(C(N)=O)C1. The highest BCUT2D eigenvalue weighted by Crippen LogP contribution is 2.15. The lowest BCUT2D eigenvalue weighted by Gasteiger charge is -2.14. The van der Waals surface area contributed by atoms with E-state index in [2.05, 4.69) is 4.74 Å². The second kappa shape index (κ2) is 4.77. The molecule has 0 spiro atoms. The van der Waals surface area contributed by atoms with Crippen molar-refractivity contribution in [3.8, 4) is 0 Å². The fourth-order valence-electron chi connectivity index (χ4n) is 1.50. The number of ether oxygens (including phenoxy) is 1. The van der Waals surface area contributed by atoms with Crippen LogP contribution in [-0.2, 0) is 19.1 Å². The summed E-state index contributed by atoms with van der Waals surface area (Å²) in [6.45, 7) is 2.39. The number of hydrogen-bond acceptors (Lipinski definition) is 4. The molecule has 0 aromatic rings. The third-order valence-corrected chi connectivity index (χ3v) is 2.33. The average molecular weight is 214 g/mol. The second-order valence-electron chi connectivity index (χ2n) is 3.36. The lowest BCUT2D eigenvalue weighted by Crippen LogP contribution is -2.37. The standard InChI is InChI=1S/C9H14N2O4/c1-2-15-9(14)8(13)11-4-3-6(5-11)7(10)12/h6H,2-5H2,1H3,(H2,10,12). The molecule has 1 fully saturated rings. The van der Waals surface area contributed by atoms with Crippen molar-refractivity contribution < 1.29 is 19.1 Å². The number of carbonyl (C=O) groups excluding carboxylic acids is 3. The number of rotatable bonds is 2. The first-order valence-corrected chi connectivity index (χ1v) is 4.81. The molecular weight excluding hydrogens is 200 g/mol. The van der Waals surface area contributed by atoms with E-state index in [9.17, 15) is 14.4 Å². The van der Waals surface area contributed by atoms with Gasteiger partial charge in [0.15, 0.2) is 0 Å². The number of amides is 2. The van der Waals surface area contributed by atoms with Crippen molar-refractivity contribution in [2.45, 2.75) is 13.3 Å². The Morgan fingerprint density at radius 2 is 2.13 bits per heavy atom. The molecule has 1 unspecified atom stereocenters. The Kier molecular flexibility index (Phi) is 3.65. The van der Waals surface area contributed by atoms with Crippen molar-refractivity contribution >= 4 is 17.8 Å². The number of nitrogens with zero attached hydrogens (tertiary/aromatic N) is 1. The minimum absolute atomic E-state index is 0.164. The van der Waals surface area contributed by atoms with Crippen LogP contribution in [0.3, 0.4) is 0 Å². The van der Waals surface area contributed by atoms with E-state index in [0.29, 0.717) is 13.0 Å². The van der Waals surface area contributed by atoms with Gasteiger partial charge < -0.3 is 15.4 Å². The highest BCUT2D eigenvalue weighted by atomic mass is 16.5.